The molecule has 0 aliphatic rings. The molecule has 0 saturated heterocycles. The molecule has 0 aliphatic heterocycles. The predicted octanol–water partition coefficient (Wildman–Crippen LogP) is 15.0. The van der Waals surface area contributed by atoms with Crippen LogP contribution in [0.2, 0.25) is 0 Å². The van der Waals surface area contributed by atoms with Crippen LogP contribution in [0.25, 0.3) is 0 Å². The highest BCUT2D eigenvalue weighted by Gasteiger charge is 2.32. The molecular formula is C57H99AlO12P3. The zero-order valence-electron chi connectivity index (χ0n) is 49.0. The summed E-state index contributed by atoms with van der Waals surface area (Å²) in [5.41, 5.74) is 7.01. The van der Waals surface area contributed by atoms with E-state index in [1.807, 2.05) is 36.4 Å². The molecule has 0 fully saturated rings. The smallest absolute Gasteiger partial charge is 0.329 e. The Labute approximate surface area is 453 Å². The third-order valence-corrected chi connectivity index (χ3v) is 14.0. The summed E-state index contributed by atoms with van der Waals surface area (Å²) in [6.45, 7) is 46.1. The average Bonchev–Trinajstić information content (AvgIpc) is 3.15. The molecule has 6 N–H and O–H groups in total. The van der Waals surface area contributed by atoms with Gasteiger partial charge in [-0.2, -0.15) is 0 Å². The Morgan fingerprint density at radius 3 is 0.603 bits per heavy atom. The number of hydrogen-bond acceptors (Lipinski definition) is 6. The van der Waals surface area contributed by atoms with E-state index in [-0.39, 0.29) is 68.3 Å². The molecule has 0 aliphatic carbocycles. The fraction of sp³-hybridized carbons (Fsp3) is 0.684. The van der Waals surface area contributed by atoms with Crippen LogP contribution in [-0.4, -0.2) is 66.5 Å². The van der Waals surface area contributed by atoms with E-state index in [4.69, 9.17) is 14.2 Å². The summed E-state index contributed by atoms with van der Waals surface area (Å²) in [5.74, 6) is 2.62. The van der Waals surface area contributed by atoms with Gasteiger partial charge in [0.25, 0.3) is 0 Å². The van der Waals surface area contributed by atoms with Crippen LogP contribution in [0.1, 0.15) is 234 Å². The topological polar surface area (TPSA) is 200 Å². The molecule has 0 unspecified atom stereocenters. The van der Waals surface area contributed by atoms with Gasteiger partial charge in [-0.3, -0.25) is 13.7 Å². The van der Waals surface area contributed by atoms with Gasteiger partial charge in [-0.15, -0.1) is 0 Å². The molecule has 3 radical (unpaired) electrons. The maximum absolute atomic E-state index is 11.5. The molecule has 3 aromatic carbocycles. The lowest BCUT2D eigenvalue weighted by Gasteiger charge is -2.31. The highest BCUT2D eigenvalue weighted by atomic mass is 31.2. The molecule has 0 heterocycles. The van der Waals surface area contributed by atoms with Gasteiger partial charge in [-0.1, -0.05) is 201 Å². The fourth-order valence-corrected chi connectivity index (χ4v) is 9.79. The second kappa shape index (κ2) is 28.1. The monoisotopic (exact) mass is 1100 g/mol. The second-order valence-corrected chi connectivity index (χ2v) is 30.6. The van der Waals surface area contributed by atoms with Gasteiger partial charge in [-0.25, -0.2) is 0 Å². The van der Waals surface area contributed by atoms with Crippen LogP contribution in [0.3, 0.4) is 0 Å². The first kappa shape index (κ1) is 71.0. The van der Waals surface area contributed by atoms with Gasteiger partial charge < -0.3 is 43.6 Å². The zero-order valence-corrected chi connectivity index (χ0v) is 52.8. The average molecular weight is 1100 g/mol. The Balaban J connectivity index is 0.00000106. The van der Waals surface area contributed by atoms with Crippen LogP contribution in [0.5, 0.6) is 17.2 Å². The van der Waals surface area contributed by atoms with Gasteiger partial charge >= 0.3 is 22.8 Å². The van der Waals surface area contributed by atoms with Crippen molar-refractivity contribution in [2.75, 3.05) is 19.8 Å². The van der Waals surface area contributed by atoms with Gasteiger partial charge in [0.15, 0.2) is 0 Å². The Bertz CT molecular complexity index is 1970. The van der Waals surface area contributed by atoms with Crippen LogP contribution >= 0.6 is 22.8 Å². The molecule has 16 heteroatoms. The Hall–Kier alpha value is -1.96. The molecule has 0 saturated carbocycles. The van der Waals surface area contributed by atoms with Crippen molar-refractivity contribution in [1.29, 1.82) is 0 Å². The Morgan fingerprint density at radius 1 is 0.342 bits per heavy atom. The fourth-order valence-electron chi connectivity index (χ4n) is 7.82. The number of unbranched alkanes of at least 4 members (excludes halogenated alkanes) is 3. The number of ether oxygens (including phenoxy) is 3. The van der Waals surface area contributed by atoms with Crippen molar-refractivity contribution < 1.29 is 57.3 Å². The summed E-state index contributed by atoms with van der Waals surface area (Å²) in [6, 6.07) is 11.4. The van der Waals surface area contributed by atoms with E-state index in [1.165, 1.54) is 0 Å². The van der Waals surface area contributed by atoms with E-state index in [0.29, 0.717) is 36.5 Å². The molecule has 417 valence electrons. The minimum absolute atomic E-state index is 0. The molecule has 3 aromatic rings. The third kappa shape index (κ3) is 25.8. The molecule has 73 heavy (non-hydrogen) atoms. The van der Waals surface area contributed by atoms with Crippen LogP contribution in [0.4, 0.5) is 0 Å². The lowest BCUT2D eigenvalue weighted by molar-refractivity contribution is 0.292. The van der Waals surface area contributed by atoms with Crippen LogP contribution in [-0.2, 0) is 64.7 Å². The lowest BCUT2D eigenvalue weighted by atomic mass is 9.78. The maximum Gasteiger partial charge on any atom is 0.329 e. The Kier molecular flexibility index (Phi) is 27.3. The number of benzene rings is 3. The van der Waals surface area contributed by atoms with Gasteiger partial charge in [0.1, 0.15) is 17.2 Å². The van der Waals surface area contributed by atoms with E-state index in [2.05, 4.69) is 145 Å². The normalized spacial score (nSPS) is 13.0. The predicted molar refractivity (Wildman–Crippen MR) is 306 cm³/mol. The molecule has 3 rings (SSSR count). The first-order chi connectivity index (χ1) is 32.3. The second-order valence-electron chi connectivity index (χ2n) is 25.6. The molecule has 0 spiro atoms. The van der Waals surface area contributed by atoms with Crippen LogP contribution in [0.15, 0.2) is 36.4 Å². The quantitative estimate of drug-likeness (QED) is 0.0401. The highest BCUT2D eigenvalue weighted by molar-refractivity contribution is 7.51. The van der Waals surface area contributed by atoms with E-state index in [1.54, 1.807) is 0 Å². The molecule has 12 nitrogen and oxygen atoms in total. The van der Waals surface area contributed by atoms with E-state index in [9.17, 15) is 43.1 Å². The maximum atomic E-state index is 11.5. The minimum Gasteiger partial charge on any atom is -0.493 e. The summed E-state index contributed by atoms with van der Waals surface area (Å²) >= 11 is 0. The molecule has 0 bridgehead atoms. The van der Waals surface area contributed by atoms with E-state index < -0.39 is 22.8 Å². The molecular weight excluding hydrogens is 997 g/mol. The van der Waals surface area contributed by atoms with E-state index >= 15 is 0 Å². The first-order valence-electron chi connectivity index (χ1n) is 25.8. The highest BCUT2D eigenvalue weighted by Crippen LogP contribution is 2.48. The SMILES string of the molecule is CCCCOc1c(C(C)(C)C)cc(CP(=O)(O)O)cc1C(C)(C)C.CCCCOc1c(C(C)(C)C)cc(CP(=O)(O)O)cc1C(C)(C)C.CCCCOc1c(C(C)(C)C)cc(CP(=O)(O)O)cc1C(C)(C)C.[Al]. The van der Waals surface area contributed by atoms with E-state index in [0.717, 1.165) is 89.2 Å². The van der Waals surface area contributed by atoms with Crippen molar-refractivity contribution in [1.82, 2.24) is 0 Å². The van der Waals surface area contributed by atoms with Crippen molar-refractivity contribution in [2.24, 2.45) is 0 Å². The zero-order chi connectivity index (χ0) is 56.3. The largest absolute Gasteiger partial charge is 0.493 e. The number of hydrogen-bond donors (Lipinski definition) is 6. The first-order valence-corrected chi connectivity index (χ1v) is 31.2. The van der Waals surface area contributed by atoms with Gasteiger partial charge in [0, 0.05) is 50.7 Å². The van der Waals surface area contributed by atoms with Crippen molar-refractivity contribution in [2.45, 2.75) is 235 Å². The summed E-state index contributed by atoms with van der Waals surface area (Å²) in [6.07, 6.45) is 5.41. The third-order valence-electron chi connectivity index (χ3n) is 11.7. The van der Waals surface area contributed by atoms with Gasteiger partial charge in [-0.05, 0) is 68.4 Å². The summed E-state index contributed by atoms with van der Waals surface area (Å²) in [5, 5.41) is 0. The summed E-state index contributed by atoms with van der Waals surface area (Å²) < 4.78 is 52.9. The van der Waals surface area contributed by atoms with Gasteiger partial charge in [0.2, 0.25) is 0 Å². The lowest BCUT2D eigenvalue weighted by Crippen LogP contribution is -2.21. The standard InChI is InChI=1S/3C19H33O4P.Al/c3*1-8-9-10-23-17-15(18(2,3)4)11-14(13-24(20,21)22)12-16(17)19(5,6)7;/h3*11-12H,8-10,13H2,1-7H3,(H2,20,21,22);. The molecule has 0 amide bonds. The minimum atomic E-state index is -4.11. The van der Waals surface area contributed by atoms with Crippen molar-refractivity contribution in [3.05, 3.63) is 86.5 Å². The number of rotatable bonds is 18. The van der Waals surface area contributed by atoms with Crippen molar-refractivity contribution in [3.8, 4) is 17.2 Å². The van der Waals surface area contributed by atoms with Crippen molar-refractivity contribution in [3.63, 3.8) is 0 Å². The van der Waals surface area contributed by atoms with Crippen molar-refractivity contribution >= 4 is 40.1 Å². The van der Waals surface area contributed by atoms with Crippen LogP contribution < -0.4 is 14.2 Å². The molecule has 0 atom stereocenters. The van der Waals surface area contributed by atoms with Gasteiger partial charge in [0.05, 0.1) is 38.3 Å². The Morgan fingerprint density at radius 2 is 0.493 bits per heavy atom. The summed E-state index contributed by atoms with van der Waals surface area (Å²) in [4.78, 5) is 56.3. The molecule has 0 aromatic heterocycles. The van der Waals surface area contributed by atoms with Crippen LogP contribution in [0, 0.1) is 0 Å². The summed E-state index contributed by atoms with van der Waals surface area (Å²) in [7, 11) is -12.3.